The number of benzene rings is 1. The zero-order valence-electron chi connectivity index (χ0n) is 16.3. The van der Waals surface area contributed by atoms with Gasteiger partial charge in [-0.1, -0.05) is 11.6 Å². The van der Waals surface area contributed by atoms with Gasteiger partial charge in [-0.25, -0.2) is 23.5 Å². The molecule has 10 nitrogen and oxygen atoms in total. The summed E-state index contributed by atoms with van der Waals surface area (Å²) in [5, 5.41) is -0.336. The lowest BCUT2D eigenvalue weighted by Gasteiger charge is -2.12. The van der Waals surface area contributed by atoms with Gasteiger partial charge in [0.2, 0.25) is 5.88 Å². The van der Waals surface area contributed by atoms with Gasteiger partial charge in [0.15, 0.2) is 12.4 Å². The summed E-state index contributed by atoms with van der Waals surface area (Å²) in [5.74, 6) is -2.33. The minimum absolute atomic E-state index is 0.0979. The first kappa shape index (κ1) is 23.7. The van der Waals surface area contributed by atoms with E-state index in [9.17, 15) is 31.9 Å². The number of nitrogens with one attached hydrogen (secondary N) is 1. The molecule has 2 heterocycles. The number of methoxy groups -OCH3 is 1. The van der Waals surface area contributed by atoms with Gasteiger partial charge in [-0.3, -0.25) is 4.79 Å². The first-order chi connectivity index (χ1) is 15.5. The van der Waals surface area contributed by atoms with Crippen molar-refractivity contribution in [3.63, 3.8) is 0 Å². The van der Waals surface area contributed by atoms with Crippen LogP contribution in [-0.4, -0.2) is 39.2 Å². The van der Waals surface area contributed by atoms with Gasteiger partial charge >= 0.3 is 23.8 Å². The molecule has 15 heteroatoms. The third kappa shape index (κ3) is 5.46. The Hall–Kier alpha value is -3.94. The molecule has 0 radical (unpaired) electrons. The maximum absolute atomic E-state index is 14.5. The summed E-state index contributed by atoms with van der Waals surface area (Å²) in [4.78, 5) is 44.5. The maximum atomic E-state index is 14.5. The smallest absolute Gasteiger partial charge is 0.431 e. The van der Waals surface area contributed by atoms with Crippen LogP contribution >= 0.6 is 11.6 Å². The number of hydrogen-bond acceptors (Lipinski definition) is 8. The molecule has 0 fully saturated rings. The van der Waals surface area contributed by atoms with Gasteiger partial charge in [-0.15, -0.1) is 0 Å². The topological polar surface area (TPSA) is 125 Å². The van der Waals surface area contributed by atoms with Crippen LogP contribution < -0.4 is 20.7 Å². The van der Waals surface area contributed by atoms with Gasteiger partial charge in [0.25, 0.3) is 5.56 Å². The van der Waals surface area contributed by atoms with Crippen LogP contribution in [0.3, 0.4) is 0 Å². The number of rotatable bonds is 6. The Bertz CT molecular complexity index is 1290. The van der Waals surface area contributed by atoms with E-state index in [1.54, 1.807) is 0 Å². The molecule has 0 aliphatic heterocycles. The zero-order chi connectivity index (χ0) is 24.3. The predicted molar refractivity (Wildman–Crippen MR) is 102 cm³/mol. The van der Waals surface area contributed by atoms with E-state index in [1.807, 2.05) is 0 Å². The highest BCUT2D eigenvalue weighted by Gasteiger charge is 2.33. The Labute approximate surface area is 185 Å². The fourth-order valence-electron chi connectivity index (χ4n) is 2.39. The minimum atomic E-state index is -5.00. The van der Waals surface area contributed by atoms with Crippen LogP contribution in [0.2, 0.25) is 5.02 Å². The van der Waals surface area contributed by atoms with E-state index in [0.29, 0.717) is 6.07 Å². The highest BCUT2D eigenvalue weighted by molar-refractivity contribution is 6.32. The number of carbonyl (C=O) groups is 1. The molecule has 0 saturated carbocycles. The Morgan fingerprint density at radius 1 is 1.24 bits per heavy atom. The Kier molecular flexibility index (Phi) is 6.67. The van der Waals surface area contributed by atoms with Gasteiger partial charge < -0.3 is 19.2 Å². The number of nitrogens with zero attached hydrogens (tertiary/aromatic N) is 3. The standard InChI is InChI=1S/C18H11ClF4N4O6/c1-31-15(29)7-32-13-2-3-24-16(26-13)33-11-5-10(9(20)4-8(11)19)27-14(28)6-12(18(21,22)23)25-17(27)30/h2-6H,7H2,1H3,(H,25,30). The number of H-pyrrole nitrogens is 1. The van der Waals surface area contributed by atoms with Gasteiger partial charge in [-0.2, -0.15) is 18.2 Å². The molecular formula is C18H11ClF4N4O6. The van der Waals surface area contributed by atoms with E-state index in [4.69, 9.17) is 21.1 Å². The fraction of sp³-hybridized carbons (Fsp3) is 0.167. The average molecular weight is 491 g/mol. The van der Waals surface area contributed by atoms with Crippen molar-refractivity contribution < 1.29 is 36.6 Å². The van der Waals surface area contributed by atoms with Crippen molar-refractivity contribution in [1.29, 1.82) is 0 Å². The maximum Gasteiger partial charge on any atom is 0.431 e. The molecular weight excluding hydrogens is 480 g/mol. The fourth-order valence-corrected chi connectivity index (χ4v) is 2.58. The largest absolute Gasteiger partial charge is 0.466 e. The quantitative estimate of drug-likeness (QED) is 0.412. The normalized spacial score (nSPS) is 11.2. The van der Waals surface area contributed by atoms with Crippen LogP contribution in [0.25, 0.3) is 5.69 Å². The molecule has 33 heavy (non-hydrogen) atoms. The molecule has 1 aromatic carbocycles. The van der Waals surface area contributed by atoms with E-state index >= 15 is 0 Å². The van der Waals surface area contributed by atoms with Crippen LogP contribution in [0.15, 0.2) is 40.1 Å². The molecule has 174 valence electrons. The summed E-state index contributed by atoms with van der Waals surface area (Å²) in [6.07, 6.45) is -3.80. The van der Waals surface area contributed by atoms with Gasteiger partial charge in [-0.05, 0) is 6.07 Å². The predicted octanol–water partition coefficient (Wildman–Crippen LogP) is 2.47. The number of halogens is 5. The molecule has 0 unspecified atom stereocenters. The monoisotopic (exact) mass is 490 g/mol. The van der Waals surface area contributed by atoms with Crippen LogP contribution in [0.5, 0.6) is 17.6 Å². The van der Waals surface area contributed by atoms with E-state index < -0.39 is 47.2 Å². The summed E-state index contributed by atoms with van der Waals surface area (Å²) in [6, 6.07) is 2.47. The van der Waals surface area contributed by atoms with Crippen LogP contribution in [-0.2, 0) is 15.7 Å². The highest BCUT2D eigenvalue weighted by Crippen LogP contribution is 2.32. The van der Waals surface area contributed by atoms with E-state index in [1.165, 1.54) is 17.2 Å². The van der Waals surface area contributed by atoms with E-state index in [-0.39, 0.29) is 33.3 Å². The third-order valence-electron chi connectivity index (χ3n) is 3.86. The summed E-state index contributed by atoms with van der Waals surface area (Å²) in [6.45, 7) is -0.464. The second-order valence-electron chi connectivity index (χ2n) is 6.04. The molecule has 0 amide bonds. The van der Waals surface area contributed by atoms with Crippen molar-refractivity contribution in [2.45, 2.75) is 6.18 Å². The van der Waals surface area contributed by atoms with Crippen molar-refractivity contribution in [3.05, 3.63) is 67.8 Å². The van der Waals surface area contributed by atoms with Crippen molar-refractivity contribution in [3.8, 4) is 23.3 Å². The minimum Gasteiger partial charge on any atom is -0.466 e. The molecule has 1 N–H and O–H groups in total. The molecule has 2 aromatic heterocycles. The number of aromatic nitrogens is 4. The van der Waals surface area contributed by atoms with Crippen molar-refractivity contribution in [1.82, 2.24) is 19.5 Å². The van der Waals surface area contributed by atoms with Crippen LogP contribution in [0.4, 0.5) is 17.6 Å². The molecule has 0 aliphatic carbocycles. The number of ether oxygens (including phenoxy) is 3. The molecule has 0 spiro atoms. The lowest BCUT2D eigenvalue weighted by Crippen LogP contribution is -2.36. The number of hydrogen-bond donors (Lipinski definition) is 1. The summed E-state index contributed by atoms with van der Waals surface area (Å²) in [7, 11) is 1.15. The molecule has 0 atom stereocenters. The highest BCUT2D eigenvalue weighted by atomic mass is 35.5. The lowest BCUT2D eigenvalue weighted by molar-refractivity contribution is -0.143. The van der Waals surface area contributed by atoms with E-state index in [2.05, 4.69) is 14.7 Å². The van der Waals surface area contributed by atoms with Crippen molar-refractivity contribution >= 4 is 17.6 Å². The van der Waals surface area contributed by atoms with Crippen molar-refractivity contribution in [2.24, 2.45) is 0 Å². The first-order valence-electron chi connectivity index (χ1n) is 8.63. The second-order valence-corrected chi connectivity index (χ2v) is 6.45. The molecule has 0 aliphatic rings. The summed E-state index contributed by atoms with van der Waals surface area (Å²) >= 11 is 5.93. The van der Waals surface area contributed by atoms with E-state index in [0.717, 1.165) is 13.2 Å². The molecule has 0 saturated heterocycles. The number of alkyl halides is 3. The Morgan fingerprint density at radius 3 is 2.61 bits per heavy atom. The number of aromatic amines is 1. The SMILES string of the molecule is COC(=O)COc1ccnc(Oc2cc(-n3c(=O)cc(C(F)(F)F)[nH]c3=O)c(F)cc2Cl)n1. The summed E-state index contributed by atoms with van der Waals surface area (Å²) in [5.41, 5.74) is -5.34. The summed E-state index contributed by atoms with van der Waals surface area (Å²) < 4.78 is 67.8. The first-order valence-corrected chi connectivity index (χ1v) is 9.01. The van der Waals surface area contributed by atoms with Gasteiger partial charge in [0.1, 0.15) is 11.5 Å². The molecule has 3 aromatic rings. The van der Waals surface area contributed by atoms with Gasteiger partial charge in [0.05, 0.1) is 17.8 Å². The Morgan fingerprint density at radius 2 is 1.97 bits per heavy atom. The average Bonchev–Trinajstić information content (AvgIpc) is 2.74. The Balaban J connectivity index is 1.98. The number of carbonyl (C=O) groups excluding carboxylic acids is 1. The molecule has 0 bridgehead atoms. The lowest BCUT2D eigenvalue weighted by atomic mass is 10.2. The third-order valence-corrected chi connectivity index (χ3v) is 4.15. The second kappa shape index (κ2) is 9.28. The number of esters is 1. The zero-order valence-corrected chi connectivity index (χ0v) is 17.0. The van der Waals surface area contributed by atoms with Gasteiger partial charge in [0, 0.05) is 24.4 Å². The van der Waals surface area contributed by atoms with Crippen LogP contribution in [0.1, 0.15) is 5.69 Å². The molecule has 3 rings (SSSR count). The van der Waals surface area contributed by atoms with Crippen molar-refractivity contribution in [2.75, 3.05) is 13.7 Å². The van der Waals surface area contributed by atoms with Crippen LogP contribution in [0, 0.1) is 5.82 Å².